The minimum Gasteiger partial charge on any atom is -0.504 e. The van der Waals surface area contributed by atoms with Crippen LogP contribution in [0.25, 0.3) is 0 Å². The summed E-state index contributed by atoms with van der Waals surface area (Å²) in [6.45, 7) is 4.43. The molecule has 0 bridgehead atoms. The molecule has 2 atom stereocenters. The van der Waals surface area contributed by atoms with Crippen LogP contribution >= 0.6 is 0 Å². The Hall–Kier alpha value is -2.40. The van der Waals surface area contributed by atoms with Gasteiger partial charge in [0.15, 0.2) is 29.8 Å². The third kappa shape index (κ3) is 5.29. The van der Waals surface area contributed by atoms with Gasteiger partial charge in [0.2, 0.25) is 0 Å². The van der Waals surface area contributed by atoms with Gasteiger partial charge < -0.3 is 24.8 Å². The molecule has 1 unspecified atom stereocenters. The largest absolute Gasteiger partial charge is 0.504 e. The van der Waals surface area contributed by atoms with Gasteiger partial charge in [-0.25, -0.2) is 0 Å². The van der Waals surface area contributed by atoms with E-state index in [2.05, 4.69) is 13.8 Å². The summed E-state index contributed by atoms with van der Waals surface area (Å²) in [7, 11) is 1.53. The van der Waals surface area contributed by atoms with Crippen LogP contribution in [-0.4, -0.2) is 29.2 Å². The highest BCUT2D eigenvalue weighted by Crippen LogP contribution is 2.31. The van der Waals surface area contributed by atoms with Crippen LogP contribution in [0.4, 0.5) is 0 Å². The van der Waals surface area contributed by atoms with Gasteiger partial charge in [-0.05, 0) is 60.1 Å². The van der Waals surface area contributed by atoms with Crippen molar-refractivity contribution in [2.75, 3.05) is 13.9 Å². The van der Waals surface area contributed by atoms with Crippen LogP contribution in [0.1, 0.15) is 25.0 Å². The number of benzene rings is 2. The Bertz CT molecular complexity index is 698. The highest BCUT2D eigenvalue weighted by molar-refractivity contribution is 5.42. The van der Waals surface area contributed by atoms with E-state index < -0.39 is 0 Å². The molecule has 0 saturated carbocycles. The molecule has 3 N–H and O–H groups in total. The van der Waals surface area contributed by atoms with Gasteiger partial charge in [0.05, 0.1) is 0 Å². The van der Waals surface area contributed by atoms with E-state index in [4.69, 9.17) is 9.47 Å². The summed E-state index contributed by atoms with van der Waals surface area (Å²) in [6.07, 6.45) is 1.65. The van der Waals surface area contributed by atoms with Crippen LogP contribution in [0.15, 0.2) is 36.4 Å². The van der Waals surface area contributed by atoms with Gasteiger partial charge in [0.1, 0.15) is 0 Å². The highest BCUT2D eigenvalue weighted by atomic mass is 16.7. The number of methoxy groups -OCH3 is 1. The standard InChI is InChI=1S/C20H26O5/c1-13(8-15-4-6-17(21)19(23)10-15)14(2)9-16-5-7-18(22)20(11-16)25-12-24-3/h4-7,10-11,13-14,21-23H,8-9,12H2,1-3H3/t13-,14?/m1/s1. The van der Waals surface area contributed by atoms with Crippen molar-refractivity contribution >= 4 is 0 Å². The Morgan fingerprint density at radius 2 is 1.36 bits per heavy atom. The van der Waals surface area contributed by atoms with Crippen molar-refractivity contribution in [3.8, 4) is 23.0 Å². The zero-order valence-corrected chi connectivity index (χ0v) is 14.9. The lowest BCUT2D eigenvalue weighted by Gasteiger charge is -2.21. The lowest BCUT2D eigenvalue weighted by Crippen LogP contribution is -2.13. The normalized spacial score (nSPS) is 13.4. The van der Waals surface area contributed by atoms with Gasteiger partial charge in [-0.1, -0.05) is 26.0 Å². The van der Waals surface area contributed by atoms with Gasteiger partial charge in [0.25, 0.3) is 0 Å². The fourth-order valence-electron chi connectivity index (χ4n) is 2.77. The second-order valence-corrected chi connectivity index (χ2v) is 6.54. The summed E-state index contributed by atoms with van der Waals surface area (Å²) in [5.74, 6) is 1.09. The predicted molar refractivity (Wildman–Crippen MR) is 96.1 cm³/mol. The molecule has 5 heteroatoms. The average molecular weight is 346 g/mol. The fraction of sp³-hybridized carbons (Fsp3) is 0.400. The van der Waals surface area contributed by atoms with E-state index >= 15 is 0 Å². The number of rotatable bonds is 8. The minimum absolute atomic E-state index is 0.0872. The molecule has 2 aromatic rings. The Labute approximate surface area is 148 Å². The molecule has 136 valence electrons. The molecule has 0 saturated heterocycles. The first-order valence-corrected chi connectivity index (χ1v) is 8.35. The Morgan fingerprint density at radius 1 is 0.800 bits per heavy atom. The number of aromatic hydroxyl groups is 3. The number of hydrogen-bond donors (Lipinski definition) is 3. The van der Waals surface area contributed by atoms with E-state index in [0.29, 0.717) is 17.6 Å². The minimum atomic E-state index is -0.0999. The van der Waals surface area contributed by atoms with Crippen LogP contribution in [0, 0.1) is 11.8 Å². The molecule has 0 aliphatic rings. The van der Waals surface area contributed by atoms with E-state index in [1.54, 1.807) is 12.1 Å². The highest BCUT2D eigenvalue weighted by Gasteiger charge is 2.15. The fourth-order valence-corrected chi connectivity index (χ4v) is 2.77. The second kappa shape index (κ2) is 8.62. The van der Waals surface area contributed by atoms with E-state index in [0.717, 1.165) is 24.0 Å². The topological polar surface area (TPSA) is 79.2 Å². The van der Waals surface area contributed by atoms with Gasteiger partial charge >= 0.3 is 0 Å². The molecule has 0 heterocycles. The molecule has 0 aromatic heterocycles. The Balaban J connectivity index is 2.00. The zero-order chi connectivity index (χ0) is 18.4. The monoisotopic (exact) mass is 346 g/mol. The molecule has 2 rings (SSSR count). The average Bonchev–Trinajstić information content (AvgIpc) is 2.58. The maximum Gasteiger partial charge on any atom is 0.188 e. The van der Waals surface area contributed by atoms with Crippen molar-refractivity contribution in [2.24, 2.45) is 11.8 Å². The second-order valence-electron chi connectivity index (χ2n) is 6.54. The molecule has 2 aromatic carbocycles. The van der Waals surface area contributed by atoms with Crippen LogP contribution in [0.3, 0.4) is 0 Å². The smallest absolute Gasteiger partial charge is 0.188 e. The van der Waals surface area contributed by atoms with E-state index in [-0.39, 0.29) is 24.0 Å². The van der Waals surface area contributed by atoms with Crippen molar-refractivity contribution in [2.45, 2.75) is 26.7 Å². The summed E-state index contributed by atoms with van der Waals surface area (Å²) < 4.78 is 10.2. The van der Waals surface area contributed by atoms with Gasteiger partial charge in [-0.2, -0.15) is 0 Å². The van der Waals surface area contributed by atoms with Crippen molar-refractivity contribution in [3.63, 3.8) is 0 Å². The lowest BCUT2D eigenvalue weighted by atomic mass is 9.85. The number of ether oxygens (including phenoxy) is 2. The van der Waals surface area contributed by atoms with Gasteiger partial charge in [0, 0.05) is 7.11 Å². The molecule has 0 aliphatic carbocycles. The van der Waals surface area contributed by atoms with Gasteiger partial charge in [-0.3, -0.25) is 0 Å². The van der Waals surface area contributed by atoms with E-state index in [9.17, 15) is 15.3 Å². The number of hydrogen-bond acceptors (Lipinski definition) is 5. The first kappa shape index (κ1) is 18.9. The maximum atomic E-state index is 9.82. The predicted octanol–water partition coefficient (Wildman–Crippen LogP) is 3.84. The van der Waals surface area contributed by atoms with Crippen molar-refractivity contribution in [1.82, 2.24) is 0 Å². The quantitative estimate of drug-likeness (QED) is 0.500. The van der Waals surface area contributed by atoms with Crippen LogP contribution in [0.5, 0.6) is 23.0 Å². The Kier molecular flexibility index (Phi) is 6.53. The zero-order valence-electron chi connectivity index (χ0n) is 14.9. The first-order valence-electron chi connectivity index (χ1n) is 8.35. The summed E-state index contributed by atoms with van der Waals surface area (Å²) in [5, 5.41) is 28.8. The third-order valence-corrected chi connectivity index (χ3v) is 4.48. The SMILES string of the molecule is COCOc1cc(CC(C)[C@H](C)Cc2ccc(O)c(O)c2)ccc1O. The molecule has 0 aliphatic heterocycles. The van der Waals surface area contributed by atoms with E-state index in [1.165, 1.54) is 13.2 Å². The van der Waals surface area contributed by atoms with Gasteiger partial charge in [-0.15, -0.1) is 0 Å². The van der Waals surface area contributed by atoms with Crippen molar-refractivity contribution in [1.29, 1.82) is 0 Å². The molecular formula is C20H26O5. The molecule has 0 fully saturated rings. The van der Waals surface area contributed by atoms with Crippen molar-refractivity contribution < 1.29 is 24.8 Å². The maximum absolute atomic E-state index is 9.82. The molecule has 25 heavy (non-hydrogen) atoms. The van der Waals surface area contributed by atoms with Crippen LogP contribution < -0.4 is 4.74 Å². The number of phenols is 3. The van der Waals surface area contributed by atoms with Crippen molar-refractivity contribution in [3.05, 3.63) is 47.5 Å². The third-order valence-electron chi connectivity index (χ3n) is 4.48. The van der Waals surface area contributed by atoms with Crippen LogP contribution in [-0.2, 0) is 17.6 Å². The Morgan fingerprint density at radius 3 is 1.92 bits per heavy atom. The van der Waals surface area contributed by atoms with E-state index in [1.807, 2.05) is 18.2 Å². The lowest BCUT2D eigenvalue weighted by molar-refractivity contribution is 0.0491. The molecule has 0 radical (unpaired) electrons. The number of phenolic OH excluding ortho intramolecular Hbond substituents is 3. The summed E-state index contributed by atoms with van der Waals surface area (Å²) in [5.41, 5.74) is 2.07. The first-order chi connectivity index (χ1) is 11.9. The summed E-state index contributed by atoms with van der Waals surface area (Å²) in [6, 6.07) is 10.3. The molecule has 0 spiro atoms. The molecular weight excluding hydrogens is 320 g/mol. The summed E-state index contributed by atoms with van der Waals surface area (Å²) in [4.78, 5) is 0. The molecule has 0 amide bonds. The van der Waals surface area contributed by atoms with Crippen LogP contribution in [0.2, 0.25) is 0 Å². The molecule has 5 nitrogen and oxygen atoms in total. The summed E-state index contributed by atoms with van der Waals surface area (Å²) >= 11 is 0.